The maximum absolute atomic E-state index is 12.6. The Labute approximate surface area is 180 Å². The van der Waals surface area contributed by atoms with E-state index in [1.165, 1.54) is 5.56 Å². The SMILES string of the molecule is Cc1ccc(OCC(=O)N2CCC3(CC2)CO[C@@H](CN2CC[C@@H](C)[C@H](O)C2)C3)cc1. The topological polar surface area (TPSA) is 62.2 Å². The van der Waals surface area contributed by atoms with Gasteiger partial charge in [0.05, 0.1) is 18.8 Å². The standard InChI is InChI=1S/C24H36N2O4/c1-18-3-5-20(6-4-18)29-16-23(28)26-11-8-24(9-12-26)13-21(30-17-24)14-25-10-7-19(2)22(27)15-25/h3-6,19,21-22,27H,7-17H2,1-2H3/t19-,21-,22-/m1/s1. The molecule has 4 rings (SSSR count). The molecular formula is C24H36N2O4. The number of ether oxygens (including phenoxy) is 2. The molecule has 3 aliphatic heterocycles. The fraction of sp³-hybridized carbons (Fsp3) is 0.708. The molecule has 1 aromatic carbocycles. The molecular weight excluding hydrogens is 380 g/mol. The van der Waals surface area contributed by atoms with E-state index in [-0.39, 0.29) is 30.1 Å². The minimum Gasteiger partial charge on any atom is -0.484 e. The molecule has 1 amide bonds. The Morgan fingerprint density at radius 2 is 1.97 bits per heavy atom. The molecule has 0 aliphatic carbocycles. The quantitative estimate of drug-likeness (QED) is 0.799. The molecule has 3 aliphatic rings. The lowest BCUT2D eigenvalue weighted by Gasteiger charge is -2.39. The van der Waals surface area contributed by atoms with Crippen LogP contribution in [0.1, 0.15) is 38.2 Å². The lowest BCUT2D eigenvalue weighted by Crippen LogP contribution is -2.46. The zero-order valence-electron chi connectivity index (χ0n) is 18.4. The van der Waals surface area contributed by atoms with Gasteiger partial charge in [0.1, 0.15) is 5.75 Å². The molecule has 6 nitrogen and oxygen atoms in total. The third kappa shape index (κ3) is 5.16. The van der Waals surface area contributed by atoms with E-state index in [9.17, 15) is 9.90 Å². The van der Waals surface area contributed by atoms with Gasteiger partial charge in [-0.3, -0.25) is 9.69 Å². The number of piperidine rings is 2. The number of carbonyl (C=O) groups is 1. The van der Waals surface area contributed by atoms with Gasteiger partial charge in [-0.05, 0) is 62.6 Å². The molecule has 0 aromatic heterocycles. The maximum atomic E-state index is 12.6. The molecule has 3 fully saturated rings. The van der Waals surface area contributed by atoms with E-state index in [1.807, 2.05) is 36.1 Å². The van der Waals surface area contributed by atoms with Gasteiger partial charge in [0.25, 0.3) is 5.91 Å². The molecule has 3 atom stereocenters. The van der Waals surface area contributed by atoms with Gasteiger partial charge in [-0.2, -0.15) is 0 Å². The van der Waals surface area contributed by atoms with Gasteiger partial charge in [-0.25, -0.2) is 0 Å². The minimum absolute atomic E-state index is 0.0670. The number of likely N-dealkylation sites (tertiary alicyclic amines) is 2. The van der Waals surface area contributed by atoms with Crippen LogP contribution in [0.5, 0.6) is 5.75 Å². The molecule has 1 spiro atoms. The van der Waals surface area contributed by atoms with Crippen molar-refractivity contribution in [2.75, 3.05) is 45.9 Å². The Morgan fingerprint density at radius 1 is 1.23 bits per heavy atom. The van der Waals surface area contributed by atoms with Gasteiger partial charge in [0, 0.05) is 26.2 Å². The predicted octanol–water partition coefficient (Wildman–Crippen LogP) is 2.47. The van der Waals surface area contributed by atoms with Crippen LogP contribution in [-0.2, 0) is 9.53 Å². The molecule has 30 heavy (non-hydrogen) atoms. The van der Waals surface area contributed by atoms with Crippen molar-refractivity contribution < 1.29 is 19.4 Å². The zero-order chi connectivity index (χ0) is 21.1. The van der Waals surface area contributed by atoms with E-state index in [0.717, 1.165) is 70.8 Å². The average molecular weight is 417 g/mol. The van der Waals surface area contributed by atoms with Crippen molar-refractivity contribution >= 4 is 5.91 Å². The normalized spacial score (nSPS) is 29.3. The summed E-state index contributed by atoms with van der Waals surface area (Å²) in [7, 11) is 0. The highest BCUT2D eigenvalue weighted by Gasteiger charge is 2.43. The maximum Gasteiger partial charge on any atom is 0.260 e. The summed E-state index contributed by atoms with van der Waals surface area (Å²) in [5.41, 5.74) is 1.39. The largest absolute Gasteiger partial charge is 0.484 e. The summed E-state index contributed by atoms with van der Waals surface area (Å²) < 4.78 is 11.8. The summed E-state index contributed by atoms with van der Waals surface area (Å²) in [4.78, 5) is 16.9. The van der Waals surface area contributed by atoms with Gasteiger partial charge in [-0.15, -0.1) is 0 Å². The monoisotopic (exact) mass is 416 g/mol. The second-order valence-corrected chi connectivity index (χ2v) is 9.71. The van der Waals surface area contributed by atoms with Gasteiger partial charge in [-0.1, -0.05) is 24.6 Å². The van der Waals surface area contributed by atoms with Crippen LogP contribution in [0.3, 0.4) is 0 Å². The van der Waals surface area contributed by atoms with Crippen molar-refractivity contribution in [3.8, 4) is 5.75 Å². The van der Waals surface area contributed by atoms with Crippen LogP contribution in [0.2, 0.25) is 0 Å². The van der Waals surface area contributed by atoms with E-state index >= 15 is 0 Å². The second kappa shape index (κ2) is 9.25. The molecule has 0 saturated carbocycles. The number of aliphatic hydroxyl groups excluding tert-OH is 1. The number of benzene rings is 1. The number of nitrogens with zero attached hydrogens (tertiary/aromatic N) is 2. The number of hydrogen-bond donors (Lipinski definition) is 1. The van der Waals surface area contributed by atoms with E-state index < -0.39 is 0 Å². The highest BCUT2D eigenvalue weighted by Crippen LogP contribution is 2.42. The Bertz CT molecular complexity index is 714. The molecule has 0 bridgehead atoms. The average Bonchev–Trinajstić information content (AvgIpc) is 3.12. The summed E-state index contributed by atoms with van der Waals surface area (Å²) >= 11 is 0. The van der Waals surface area contributed by atoms with Crippen molar-refractivity contribution in [2.45, 2.75) is 51.7 Å². The van der Waals surface area contributed by atoms with Gasteiger partial charge >= 0.3 is 0 Å². The highest BCUT2D eigenvalue weighted by molar-refractivity contribution is 5.77. The Kier molecular flexibility index (Phi) is 6.66. The first-order valence-electron chi connectivity index (χ1n) is 11.4. The molecule has 3 saturated heterocycles. The number of rotatable bonds is 5. The van der Waals surface area contributed by atoms with E-state index in [2.05, 4.69) is 11.8 Å². The fourth-order valence-electron chi connectivity index (χ4n) is 5.03. The molecule has 1 N–H and O–H groups in total. The van der Waals surface area contributed by atoms with Crippen molar-refractivity contribution in [1.29, 1.82) is 0 Å². The summed E-state index contributed by atoms with van der Waals surface area (Å²) in [5.74, 6) is 1.21. The number of hydrogen-bond acceptors (Lipinski definition) is 5. The fourth-order valence-corrected chi connectivity index (χ4v) is 5.03. The predicted molar refractivity (Wildman–Crippen MR) is 116 cm³/mol. The van der Waals surface area contributed by atoms with Crippen LogP contribution in [0.15, 0.2) is 24.3 Å². The van der Waals surface area contributed by atoms with Crippen LogP contribution in [-0.4, -0.2) is 79.0 Å². The van der Waals surface area contributed by atoms with Gasteiger partial charge in [0.15, 0.2) is 6.61 Å². The number of amides is 1. The van der Waals surface area contributed by atoms with Crippen LogP contribution in [0.25, 0.3) is 0 Å². The van der Waals surface area contributed by atoms with E-state index in [1.54, 1.807) is 0 Å². The van der Waals surface area contributed by atoms with E-state index in [4.69, 9.17) is 9.47 Å². The van der Waals surface area contributed by atoms with Crippen LogP contribution in [0, 0.1) is 18.3 Å². The van der Waals surface area contributed by atoms with Crippen molar-refractivity contribution in [3.63, 3.8) is 0 Å². The third-order valence-corrected chi connectivity index (χ3v) is 7.31. The second-order valence-electron chi connectivity index (χ2n) is 9.71. The summed E-state index contributed by atoms with van der Waals surface area (Å²) in [5, 5.41) is 10.1. The molecule has 0 unspecified atom stereocenters. The van der Waals surface area contributed by atoms with Crippen molar-refractivity contribution in [3.05, 3.63) is 29.8 Å². The number of carbonyl (C=O) groups excluding carboxylic acids is 1. The Morgan fingerprint density at radius 3 is 2.67 bits per heavy atom. The lowest BCUT2D eigenvalue weighted by molar-refractivity contribution is -0.135. The van der Waals surface area contributed by atoms with Crippen LogP contribution < -0.4 is 4.74 Å². The number of β-amino-alcohol motifs (C(OH)–C–C–N with tert-alkyl or cyclic N) is 1. The summed E-state index contributed by atoms with van der Waals surface area (Å²) in [6.45, 7) is 9.36. The number of aryl methyl sites for hydroxylation is 1. The van der Waals surface area contributed by atoms with Crippen molar-refractivity contribution in [2.24, 2.45) is 11.3 Å². The first kappa shape index (κ1) is 21.6. The first-order valence-corrected chi connectivity index (χ1v) is 11.4. The van der Waals surface area contributed by atoms with E-state index in [0.29, 0.717) is 5.92 Å². The molecule has 0 radical (unpaired) electrons. The molecule has 3 heterocycles. The first-order chi connectivity index (χ1) is 14.4. The summed E-state index contributed by atoms with van der Waals surface area (Å²) in [6, 6.07) is 7.80. The minimum atomic E-state index is -0.217. The zero-order valence-corrected chi connectivity index (χ0v) is 18.4. The molecule has 1 aromatic rings. The Balaban J connectivity index is 1.20. The summed E-state index contributed by atoms with van der Waals surface area (Å²) in [6.07, 6.45) is 4.15. The number of aliphatic hydroxyl groups is 1. The van der Waals surface area contributed by atoms with Crippen LogP contribution in [0.4, 0.5) is 0 Å². The van der Waals surface area contributed by atoms with Crippen molar-refractivity contribution in [1.82, 2.24) is 9.80 Å². The highest BCUT2D eigenvalue weighted by atomic mass is 16.5. The molecule has 6 heteroatoms. The lowest BCUT2D eigenvalue weighted by atomic mass is 9.76. The van der Waals surface area contributed by atoms with Gasteiger partial charge in [0.2, 0.25) is 0 Å². The van der Waals surface area contributed by atoms with Crippen LogP contribution >= 0.6 is 0 Å². The Hall–Kier alpha value is -1.63. The smallest absolute Gasteiger partial charge is 0.260 e. The molecule has 166 valence electrons. The third-order valence-electron chi connectivity index (χ3n) is 7.31. The van der Waals surface area contributed by atoms with Gasteiger partial charge < -0.3 is 19.5 Å².